The van der Waals surface area contributed by atoms with Gasteiger partial charge in [0.2, 0.25) is 0 Å². The first kappa shape index (κ1) is 36.9. The maximum absolute atomic E-state index is 15.1. The highest BCUT2D eigenvalue weighted by Gasteiger charge is 2.74. The van der Waals surface area contributed by atoms with Crippen molar-refractivity contribution in [3.8, 4) is 0 Å². The van der Waals surface area contributed by atoms with E-state index < -0.39 is 39.9 Å². The number of fused-ring (bicyclic) bond motifs is 1. The third-order valence-electron chi connectivity index (χ3n) is 14.3. The minimum atomic E-state index is -1.04. The second-order valence-electron chi connectivity index (χ2n) is 17.0. The topological polar surface area (TPSA) is 90.2 Å². The lowest BCUT2D eigenvalue weighted by Gasteiger charge is -2.71. The van der Waals surface area contributed by atoms with Crippen molar-refractivity contribution in [1.29, 1.82) is 0 Å². The Morgan fingerprint density at radius 2 is 1.75 bits per heavy atom. The van der Waals surface area contributed by atoms with Crippen molar-refractivity contribution in [3.05, 3.63) is 94.3 Å². The van der Waals surface area contributed by atoms with Crippen LogP contribution in [0.2, 0.25) is 5.02 Å². The molecule has 3 saturated carbocycles. The van der Waals surface area contributed by atoms with Crippen molar-refractivity contribution in [3.63, 3.8) is 0 Å². The molecule has 0 radical (unpaired) electrons. The highest BCUT2D eigenvalue weighted by atomic mass is 35.5. The van der Waals surface area contributed by atoms with Crippen LogP contribution in [0.4, 0.5) is 4.39 Å². The molecule has 0 aliphatic heterocycles. The molecule has 2 spiro atoms. The van der Waals surface area contributed by atoms with Crippen LogP contribution in [0, 0.1) is 39.3 Å². The predicted molar refractivity (Wildman–Crippen MR) is 198 cm³/mol. The Labute approximate surface area is 307 Å². The molecule has 9 unspecified atom stereocenters. The summed E-state index contributed by atoms with van der Waals surface area (Å²) in [5.74, 6) is -0.464. The fourth-order valence-electron chi connectivity index (χ4n) is 11.8. The summed E-state index contributed by atoms with van der Waals surface area (Å²) < 4.78 is 21.0. The summed E-state index contributed by atoms with van der Waals surface area (Å²) in [4.78, 5) is 16.9. The summed E-state index contributed by atoms with van der Waals surface area (Å²) in [5, 5.41) is 35.2. The van der Waals surface area contributed by atoms with E-state index in [0.29, 0.717) is 32.5 Å². The molecule has 8 heteroatoms. The Kier molecular flexibility index (Phi) is 9.99. The molecule has 3 N–H and O–H groups in total. The van der Waals surface area contributed by atoms with E-state index in [4.69, 9.17) is 16.3 Å². The first-order chi connectivity index (χ1) is 24.3. The number of aliphatic hydroxyl groups excluding tert-OH is 2. The number of aliphatic hydroxyl groups is 3. The number of ether oxygens (including phenoxy) is 1. The Hall–Kier alpha value is -2.39. The molecule has 6 aliphatic carbocycles. The van der Waals surface area contributed by atoms with Crippen LogP contribution >= 0.6 is 11.6 Å². The summed E-state index contributed by atoms with van der Waals surface area (Å²) in [5.41, 5.74) is -0.780. The standard InChI is InChI=1S/C43H55ClFNO5/c1-4-21-46(25-31(48)27-51-26-29-9-6-5-7-10-29)28-42(50)18-15-38-40(42,3)17-14-37-39(2)16-13-30(47)23-41(39)19-20-43(37,38)33(24-41)36(49)22-32-34(44)11-8-12-35(32)45/h5-12,19-20,24,30-31,37-38,47-48,50H,4,13-18,21-23,25-28H2,1-3H3. The Balaban J connectivity index is 1.18. The number of carbonyl (C=O) groups is 1. The first-order valence-corrected chi connectivity index (χ1v) is 19.5. The minimum absolute atomic E-state index is 0.0131. The molecule has 0 heterocycles. The van der Waals surface area contributed by atoms with Gasteiger partial charge in [-0.15, -0.1) is 0 Å². The molecule has 9 atom stereocenters. The summed E-state index contributed by atoms with van der Waals surface area (Å²) in [6.45, 7) is 8.92. The SMILES string of the molecule is CCCN(CC(O)COCc1ccccc1)CC1(O)CCC2C34C=CC5(C=C3C(=O)Cc3c(F)cccc3Cl)CC(O)CCC5(C)C4CCC21C. The van der Waals surface area contributed by atoms with E-state index in [1.807, 2.05) is 30.3 Å². The van der Waals surface area contributed by atoms with E-state index >= 15 is 4.39 Å². The third-order valence-corrected chi connectivity index (χ3v) is 14.7. The second-order valence-corrected chi connectivity index (χ2v) is 17.4. The molecule has 8 rings (SSSR count). The lowest BCUT2D eigenvalue weighted by atomic mass is 9.32. The molecular formula is C43H55ClFNO5. The van der Waals surface area contributed by atoms with Crippen LogP contribution in [-0.4, -0.2) is 70.1 Å². The van der Waals surface area contributed by atoms with Crippen LogP contribution in [0.15, 0.2) is 72.3 Å². The van der Waals surface area contributed by atoms with E-state index in [9.17, 15) is 20.1 Å². The van der Waals surface area contributed by atoms with E-state index in [0.717, 1.165) is 56.2 Å². The number of carbonyl (C=O) groups excluding carboxylic acids is 1. The predicted octanol–water partition coefficient (Wildman–Crippen LogP) is 7.47. The maximum Gasteiger partial charge on any atom is 0.164 e. The Bertz CT molecular complexity index is 1660. The van der Waals surface area contributed by atoms with Crippen molar-refractivity contribution >= 4 is 17.4 Å². The summed E-state index contributed by atoms with van der Waals surface area (Å²) in [7, 11) is 0. The number of ketones is 1. The van der Waals surface area contributed by atoms with Gasteiger partial charge >= 0.3 is 0 Å². The van der Waals surface area contributed by atoms with E-state index in [1.54, 1.807) is 12.1 Å². The quantitative estimate of drug-likeness (QED) is 0.186. The van der Waals surface area contributed by atoms with Crippen molar-refractivity contribution < 1.29 is 29.2 Å². The summed E-state index contributed by atoms with van der Waals surface area (Å²) >= 11 is 6.47. The van der Waals surface area contributed by atoms with Gasteiger partial charge in [0.1, 0.15) is 5.82 Å². The van der Waals surface area contributed by atoms with Crippen LogP contribution in [0.3, 0.4) is 0 Å². The highest BCUT2D eigenvalue weighted by Crippen LogP contribution is 2.78. The average Bonchev–Trinajstić information content (AvgIpc) is 3.36. The zero-order chi connectivity index (χ0) is 36.2. The number of hydrogen-bond acceptors (Lipinski definition) is 6. The lowest BCUT2D eigenvalue weighted by Crippen LogP contribution is -2.67. The molecule has 3 fully saturated rings. The lowest BCUT2D eigenvalue weighted by molar-refractivity contribution is -0.179. The van der Waals surface area contributed by atoms with Crippen LogP contribution in [0.1, 0.15) is 83.3 Å². The van der Waals surface area contributed by atoms with Gasteiger partial charge in [-0.2, -0.15) is 0 Å². The number of benzene rings is 2. The van der Waals surface area contributed by atoms with Crippen LogP contribution < -0.4 is 0 Å². The molecule has 0 saturated heterocycles. The molecule has 6 aliphatic rings. The molecule has 2 bridgehead atoms. The number of halogens is 2. The third kappa shape index (κ3) is 5.99. The number of hydrogen-bond donors (Lipinski definition) is 3. The fraction of sp³-hybridized carbons (Fsp3) is 0.605. The van der Waals surface area contributed by atoms with Gasteiger partial charge in [-0.3, -0.25) is 9.69 Å². The number of Topliss-reactive ketones (excluding diaryl/α,β-unsaturated/α-hetero) is 1. The zero-order valence-corrected chi connectivity index (χ0v) is 31.2. The number of nitrogens with zero attached hydrogens (tertiary/aromatic N) is 1. The fourth-order valence-corrected chi connectivity index (χ4v) is 12.0. The minimum Gasteiger partial charge on any atom is -0.393 e. The maximum atomic E-state index is 15.1. The van der Waals surface area contributed by atoms with E-state index in [1.165, 1.54) is 6.07 Å². The molecule has 6 nitrogen and oxygen atoms in total. The average molecular weight is 720 g/mol. The van der Waals surface area contributed by atoms with Crippen molar-refractivity contribution in [2.24, 2.45) is 33.5 Å². The van der Waals surface area contributed by atoms with Crippen molar-refractivity contribution in [2.45, 2.75) is 103 Å². The number of rotatable bonds is 13. The van der Waals surface area contributed by atoms with Crippen LogP contribution in [-0.2, 0) is 22.6 Å². The number of allylic oxidation sites excluding steroid dienone is 4. The molecule has 2 aromatic rings. The van der Waals surface area contributed by atoms with Crippen molar-refractivity contribution in [1.82, 2.24) is 4.90 Å². The van der Waals surface area contributed by atoms with Gasteiger partial charge in [-0.05, 0) is 92.9 Å². The normalized spacial score (nSPS) is 37.1. The van der Waals surface area contributed by atoms with Gasteiger partial charge in [0, 0.05) is 51.9 Å². The highest BCUT2D eigenvalue weighted by molar-refractivity contribution is 6.31. The van der Waals surface area contributed by atoms with Gasteiger partial charge < -0.3 is 20.1 Å². The molecular weight excluding hydrogens is 665 g/mol. The van der Waals surface area contributed by atoms with E-state index in [2.05, 4.69) is 43.9 Å². The first-order valence-electron chi connectivity index (χ1n) is 19.1. The van der Waals surface area contributed by atoms with Crippen LogP contribution in [0.25, 0.3) is 0 Å². The molecule has 51 heavy (non-hydrogen) atoms. The largest absolute Gasteiger partial charge is 0.393 e. The molecule has 0 aromatic heterocycles. The van der Waals surface area contributed by atoms with Gasteiger partial charge in [0.05, 0.1) is 31.0 Å². The Morgan fingerprint density at radius 1 is 1.02 bits per heavy atom. The van der Waals surface area contributed by atoms with Crippen LogP contribution in [0.5, 0.6) is 0 Å². The zero-order valence-electron chi connectivity index (χ0n) is 30.4. The Morgan fingerprint density at radius 3 is 2.49 bits per heavy atom. The monoisotopic (exact) mass is 719 g/mol. The van der Waals surface area contributed by atoms with Gasteiger partial charge in [-0.1, -0.05) is 87.0 Å². The molecule has 2 aromatic carbocycles. The van der Waals surface area contributed by atoms with Gasteiger partial charge in [0.15, 0.2) is 5.78 Å². The van der Waals surface area contributed by atoms with Crippen molar-refractivity contribution in [2.75, 3.05) is 26.2 Å². The van der Waals surface area contributed by atoms with Gasteiger partial charge in [0.25, 0.3) is 0 Å². The smallest absolute Gasteiger partial charge is 0.164 e. The summed E-state index contributed by atoms with van der Waals surface area (Å²) in [6.07, 6.45) is 11.6. The van der Waals surface area contributed by atoms with E-state index in [-0.39, 0.29) is 46.6 Å². The molecule has 276 valence electrons. The summed E-state index contributed by atoms with van der Waals surface area (Å²) in [6, 6.07) is 14.5. The molecule has 0 amide bonds. The second kappa shape index (κ2) is 13.8. The van der Waals surface area contributed by atoms with Gasteiger partial charge in [-0.25, -0.2) is 4.39 Å².